The van der Waals surface area contributed by atoms with Gasteiger partial charge >= 0.3 is 0 Å². The number of fused-ring (bicyclic) bond motifs is 2. The molecule has 0 atom stereocenters. The minimum Gasteiger partial charge on any atom is -0.333 e. The summed E-state index contributed by atoms with van der Waals surface area (Å²) < 4.78 is 1.18. The Balaban J connectivity index is 1.98. The molecule has 6 heteroatoms. The number of quaternary nitrogens is 1. The van der Waals surface area contributed by atoms with Gasteiger partial charge in [-0.15, -0.1) is 22.7 Å². The molecule has 26 heavy (non-hydrogen) atoms. The number of hydrogen-bond donors (Lipinski definition) is 2. The van der Waals surface area contributed by atoms with Crippen LogP contribution in [0, 0.1) is 0 Å². The summed E-state index contributed by atoms with van der Waals surface area (Å²) in [5.41, 5.74) is 3.56. The van der Waals surface area contributed by atoms with E-state index in [1.807, 2.05) is 18.2 Å². The Hall–Kier alpha value is -1.76. The van der Waals surface area contributed by atoms with Crippen LogP contribution in [0.25, 0.3) is 20.8 Å². The molecule has 1 aliphatic rings. The molecule has 3 heterocycles. The largest absolute Gasteiger partial charge is 0.333 e. The molecule has 0 aliphatic carbocycles. The van der Waals surface area contributed by atoms with Gasteiger partial charge in [-0.3, -0.25) is 4.79 Å². The molecule has 4 rings (SSSR count). The average Bonchev–Trinajstić information content (AvgIpc) is 3.05. The molecule has 1 aromatic carbocycles. The lowest BCUT2D eigenvalue weighted by molar-refractivity contribution is -0.789. The number of thiazole rings is 1. The van der Waals surface area contributed by atoms with Crippen molar-refractivity contribution in [2.75, 3.05) is 5.32 Å². The molecule has 0 spiro atoms. The van der Waals surface area contributed by atoms with E-state index < -0.39 is 0 Å². The second-order valence-corrected chi connectivity index (χ2v) is 10.4. The Morgan fingerprint density at radius 3 is 2.62 bits per heavy atom. The number of carbonyl (C=O) groups is 1. The van der Waals surface area contributed by atoms with Crippen molar-refractivity contribution in [1.29, 1.82) is 0 Å². The van der Waals surface area contributed by atoms with Crippen molar-refractivity contribution < 1.29 is 10.1 Å². The highest BCUT2D eigenvalue weighted by Crippen LogP contribution is 2.48. The normalized spacial score (nSPS) is 17.9. The first-order valence-corrected chi connectivity index (χ1v) is 10.5. The molecule has 0 saturated carbocycles. The molecule has 1 amide bonds. The Morgan fingerprint density at radius 2 is 1.92 bits per heavy atom. The maximum Gasteiger partial charge on any atom is 0.221 e. The number of nitrogens with zero attached hydrogens (tertiary/aromatic N) is 1. The maximum atomic E-state index is 11.8. The SMILES string of the molecule is CC(=O)Nc1sc2c(c1-c1nc3ccccc3s1)CC(C)(C)[NH2+]C2(C)C. The Labute approximate surface area is 161 Å². The molecule has 0 bridgehead atoms. The fourth-order valence-corrected chi connectivity index (χ4v) is 6.61. The summed E-state index contributed by atoms with van der Waals surface area (Å²) in [6.07, 6.45) is 0.965. The van der Waals surface area contributed by atoms with E-state index >= 15 is 0 Å². The smallest absolute Gasteiger partial charge is 0.221 e. The van der Waals surface area contributed by atoms with Crippen LogP contribution in [0.1, 0.15) is 45.1 Å². The molecule has 2 aromatic heterocycles. The molecule has 0 radical (unpaired) electrons. The average molecular weight is 387 g/mol. The number of anilines is 1. The summed E-state index contributed by atoms with van der Waals surface area (Å²) in [7, 11) is 0. The van der Waals surface area contributed by atoms with Crippen molar-refractivity contribution in [2.24, 2.45) is 0 Å². The maximum absolute atomic E-state index is 11.8. The summed E-state index contributed by atoms with van der Waals surface area (Å²) in [6.45, 7) is 10.7. The first-order valence-electron chi connectivity index (χ1n) is 8.83. The highest BCUT2D eigenvalue weighted by molar-refractivity contribution is 7.23. The zero-order valence-electron chi connectivity index (χ0n) is 15.8. The topological polar surface area (TPSA) is 58.6 Å². The lowest BCUT2D eigenvalue weighted by atomic mass is 9.81. The van der Waals surface area contributed by atoms with Gasteiger partial charge < -0.3 is 10.6 Å². The van der Waals surface area contributed by atoms with Crippen LogP contribution in [0.15, 0.2) is 24.3 Å². The Kier molecular flexibility index (Phi) is 3.99. The first kappa shape index (κ1) is 17.6. The zero-order valence-corrected chi connectivity index (χ0v) is 17.4. The fraction of sp³-hybridized carbons (Fsp3) is 0.400. The monoisotopic (exact) mass is 386 g/mol. The van der Waals surface area contributed by atoms with Crippen molar-refractivity contribution in [3.63, 3.8) is 0 Å². The number of nitrogens with one attached hydrogen (secondary N) is 1. The quantitative estimate of drug-likeness (QED) is 0.696. The van der Waals surface area contributed by atoms with Gasteiger partial charge in [-0.05, 0) is 45.4 Å². The molecule has 0 fully saturated rings. The van der Waals surface area contributed by atoms with Crippen molar-refractivity contribution >= 4 is 43.8 Å². The number of hydrogen-bond acceptors (Lipinski definition) is 4. The summed E-state index contributed by atoms with van der Waals surface area (Å²) in [5.74, 6) is -0.0352. The van der Waals surface area contributed by atoms with Crippen LogP contribution in [-0.4, -0.2) is 16.4 Å². The van der Waals surface area contributed by atoms with Gasteiger partial charge in [0.25, 0.3) is 0 Å². The van der Waals surface area contributed by atoms with Crippen LogP contribution in [0.3, 0.4) is 0 Å². The van der Waals surface area contributed by atoms with Crippen LogP contribution in [0.4, 0.5) is 5.00 Å². The van der Waals surface area contributed by atoms with E-state index in [0.29, 0.717) is 0 Å². The minimum atomic E-state index is -0.0352. The first-order chi connectivity index (χ1) is 12.2. The summed E-state index contributed by atoms with van der Waals surface area (Å²) in [5, 5.41) is 7.45. The van der Waals surface area contributed by atoms with Crippen molar-refractivity contribution in [1.82, 2.24) is 4.98 Å². The van der Waals surface area contributed by atoms with E-state index in [4.69, 9.17) is 4.98 Å². The predicted octanol–water partition coefficient (Wildman–Crippen LogP) is 4.12. The summed E-state index contributed by atoms with van der Waals surface area (Å²) in [6, 6.07) is 8.22. The second-order valence-electron chi connectivity index (χ2n) is 8.31. The number of aromatic nitrogens is 1. The van der Waals surface area contributed by atoms with E-state index in [1.54, 1.807) is 29.6 Å². The van der Waals surface area contributed by atoms with Gasteiger partial charge in [0.05, 0.1) is 20.6 Å². The van der Waals surface area contributed by atoms with Crippen molar-refractivity contribution in [3.8, 4) is 10.6 Å². The molecule has 0 unspecified atom stereocenters. The fourth-order valence-electron chi connectivity index (χ4n) is 4.16. The zero-order chi connectivity index (χ0) is 18.7. The predicted molar refractivity (Wildman–Crippen MR) is 110 cm³/mol. The third-order valence-electron chi connectivity index (χ3n) is 4.77. The molecule has 4 nitrogen and oxygen atoms in total. The van der Waals surface area contributed by atoms with Gasteiger partial charge in [-0.25, -0.2) is 4.98 Å². The Bertz CT molecular complexity index is 980. The number of rotatable bonds is 2. The van der Waals surface area contributed by atoms with Gasteiger partial charge in [0.1, 0.15) is 15.5 Å². The third-order valence-corrected chi connectivity index (χ3v) is 7.31. The number of thiophene rings is 1. The highest BCUT2D eigenvalue weighted by atomic mass is 32.1. The molecular formula is C20H24N3OS2+. The van der Waals surface area contributed by atoms with Gasteiger partial charge in [0, 0.05) is 18.9 Å². The minimum absolute atomic E-state index is 0.0239. The van der Waals surface area contributed by atoms with Crippen LogP contribution < -0.4 is 10.6 Å². The van der Waals surface area contributed by atoms with E-state index in [2.05, 4.69) is 44.4 Å². The Morgan fingerprint density at radius 1 is 1.19 bits per heavy atom. The number of nitrogens with two attached hydrogens (primary N) is 1. The number of carbonyl (C=O) groups excluding carboxylic acids is 1. The van der Waals surface area contributed by atoms with Crippen molar-refractivity contribution in [3.05, 3.63) is 34.7 Å². The van der Waals surface area contributed by atoms with Crippen LogP contribution in [0.5, 0.6) is 0 Å². The van der Waals surface area contributed by atoms with E-state index in [0.717, 1.165) is 27.5 Å². The number of para-hydroxylation sites is 1. The van der Waals surface area contributed by atoms with Gasteiger partial charge in [-0.1, -0.05) is 12.1 Å². The highest BCUT2D eigenvalue weighted by Gasteiger charge is 2.44. The lowest BCUT2D eigenvalue weighted by Crippen LogP contribution is -3.03. The summed E-state index contributed by atoms with van der Waals surface area (Å²) in [4.78, 5) is 18.1. The molecule has 3 aromatic rings. The third kappa shape index (κ3) is 2.96. The van der Waals surface area contributed by atoms with E-state index in [1.165, 1.54) is 15.1 Å². The second kappa shape index (κ2) is 5.87. The van der Waals surface area contributed by atoms with Crippen LogP contribution >= 0.6 is 22.7 Å². The summed E-state index contributed by atoms with van der Waals surface area (Å²) >= 11 is 3.41. The van der Waals surface area contributed by atoms with Gasteiger partial charge in [0.2, 0.25) is 5.91 Å². The molecule has 1 aliphatic heterocycles. The lowest BCUT2D eigenvalue weighted by Gasteiger charge is -2.38. The van der Waals surface area contributed by atoms with Crippen LogP contribution in [-0.2, 0) is 16.8 Å². The molecule has 136 valence electrons. The van der Waals surface area contributed by atoms with Gasteiger partial charge in [0.15, 0.2) is 0 Å². The van der Waals surface area contributed by atoms with E-state index in [9.17, 15) is 4.79 Å². The van der Waals surface area contributed by atoms with E-state index in [-0.39, 0.29) is 17.0 Å². The van der Waals surface area contributed by atoms with Gasteiger partial charge in [-0.2, -0.15) is 0 Å². The molecular weight excluding hydrogens is 362 g/mol. The molecule has 0 saturated heterocycles. The standard InChI is InChI=1S/C20H23N3OS2/c1-11(24)21-17-15(18-22-13-8-6-7-9-14(13)25-18)12-10-19(2,3)23-20(4,5)16(12)26-17/h6-9,23H,10H2,1-5H3,(H,21,24)/p+1. The van der Waals surface area contributed by atoms with Crippen LogP contribution in [0.2, 0.25) is 0 Å². The molecule has 3 N–H and O–H groups in total. The van der Waals surface area contributed by atoms with Crippen molar-refractivity contribution in [2.45, 2.75) is 52.1 Å². The number of amides is 1. The number of benzene rings is 1.